The van der Waals surface area contributed by atoms with Crippen molar-refractivity contribution >= 4 is 23.4 Å². The number of ketones is 1. The van der Waals surface area contributed by atoms with Gasteiger partial charge in [-0.25, -0.2) is 4.39 Å². The van der Waals surface area contributed by atoms with Gasteiger partial charge in [0.05, 0.1) is 5.02 Å². The van der Waals surface area contributed by atoms with Gasteiger partial charge in [-0.2, -0.15) is 0 Å². The first kappa shape index (κ1) is 14.3. The van der Waals surface area contributed by atoms with Crippen molar-refractivity contribution in [3.63, 3.8) is 0 Å². The van der Waals surface area contributed by atoms with Crippen LogP contribution >= 0.6 is 11.6 Å². The summed E-state index contributed by atoms with van der Waals surface area (Å²) in [6.07, 6.45) is 0. The van der Waals surface area contributed by atoms with E-state index in [1.54, 1.807) is 0 Å². The Bertz CT molecular complexity index is 643. The third-order valence-corrected chi connectivity index (χ3v) is 3.18. The molecule has 0 saturated heterocycles. The van der Waals surface area contributed by atoms with Gasteiger partial charge in [-0.05, 0) is 19.1 Å². The van der Waals surface area contributed by atoms with Crippen LogP contribution in [0, 0.1) is 5.82 Å². The van der Waals surface area contributed by atoms with Crippen molar-refractivity contribution in [1.29, 1.82) is 0 Å². The average molecular weight is 300 g/mol. The molecule has 1 aliphatic rings. The van der Waals surface area contributed by atoms with Crippen molar-refractivity contribution in [1.82, 2.24) is 0 Å². The molecular formula is C13H11ClFNO4. The van der Waals surface area contributed by atoms with Crippen LogP contribution in [-0.4, -0.2) is 11.8 Å². The number of hydrogen-bond donors (Lipinski definition) is 1. The summed E-state index contributed by atoms with van der Waals surface area (Å²) in [5.74, 6) is -2.59. The van der Waals surface area contributed by atoms with Gasteiger partial charge in [0.25, 0.3) is 5.78 Å². The molecule has 1 aromatic rings. The molecule has 0 spiro atoms. The Labute approximate surface area is 119 Å². The molecule has 106 valence electrons. The van der Waals surface area contributed by atoms with Crippen LogP contribution < -0.4 is 5.73 Å². The molecule has 0 saturated carbocycles. The topological polar surface area (TPSA) is 78.6 Å². The fraction of sp³-hybridized carbons (Fsp3) is 0.231. The van der Waals surface area contributed by atoms with E-state index >= 15 is 0 Å². The summed E-state index contributed by atoms with van der Waals surface area (Å²) < 4.78 is 23.1. The number of esters is 1. The van der Waals surface area contributed by atoms with Crippen molar-refractivity contribution in [2.75, 3.05) is 0 Å². The normalized spacial score (nSPS) is 21.9. The lowest BCUT2D eigenvalue weighted by Crippen LogP contribution is -2.32. The lowest BCUT2D eigenvalue weighted by molar-refractivity contribution is -0.142. The highest BCUT2D eigenvalue weighted by atomic mass is 35.5. The third kappa shape index (κ3) is 2.22. The van der Waals surface area contributed by atoms with Crippen molar-refractivity contribution in [3.05, 3.63) is 46.2 Å². The molecule has 7 heteroatoms. The molecule has 0 amide bonds. The molecule has 2 N–H and O–H groups in total. The van der Waals surface area contributed by atoms with E-state index in [1.165, 1.54) is 13.0 Å². The largest absolute Gasteiger partial charge is 0.457 e. The Morgan fingerprint density at radius 2 is 2.15 bits per heavy atom. The van der Waals surface area contributed by atoms with Gasteiger partial charge < -0.3 is 15.2 Å². The lowest BCUT2D eigenvalue weighted by Gasteiger charge is -2.23. The maximum atomic E-state index is 13.1. The maximum absolute atomic E-state index is 13.1. The predicted octanol–water partition coefficient (Wildman–Crippen LogP) is 1.98. The Hall–Kier alpha value is -2.08. The summed E-state index contributed by atoms with van der Waals surface area (Å²) in [5.41, 5.74) is 4.23. The van der Waals surface area contributed by atoms with Gasteiger partial charge in [0.15, 0.2) is 0 Å². The monoisotopic (exact) mass is 299 g/mol. The zero-order chi connectivity index (χ0) is 15.1. The van der Waals surface area contributed by atoms with Crippen LogP contribution in [0.15, 0.2) is 29.8 Å². The molecule has 20 heavy (non-hydrogen) atoms. The van der Waals surface area contributed by atoms with Crippen LogP contribution in [0.5, 0.6) is 0 Å². The van der Waals surface area contributed by atoms with E-state index in [1.807, 2.05) is 0 Å². The van der Waals surface area contributed by atoms with Crippen molar-refractivity contribution < 1.29 is 23.5 Å². The number of halogens is 2. The van der Waals surface area contributed by atoms with Gasteiger partial charge in [-0.15, -0.1) is 0 Å². The summed E-state index contributed by atoms with van der Waals surface area (Å²) in [6.45, 7) is 2.55. The average Bonchev–Trinajstić information content (AvgIpc) is 2.53. The molecule has 5 nitrogen and oxygen atoms in total. The summed E-state index contributed by atoms with van der Waals surface area (Å²) in [4.78, 5) is 23.3. The summed E-state index contributed by atoms with van der Waals surface area (Å²) in [7, 11) is 0. The molecule has 2 rings (SSSR count). The first-order chi connectivity index (χ1) is 9.25. The number of ether oxygens (including phenoxy) is 2. The Kier molecular flexibility index (Phi) is 3.43. The summed E-state index contributed by atoms with van der Waals surface area (Å²) >= 11 is 5.93. The number of benzene rings is 1. The zero-order valence-corrected chi connectivity index (χ0v) is 11.5. The number of carbonyl (C=O) groups is 2. The van der Waals surface area contributed by atoms with Gasteiger partial charge >= 0.3 is 5.97 Å². The second-order valence-corrected chi connectivity index (χ2v) is 4.78. The number of nitrogens with two attached hydrogens (primary N) is 1. The number of carbonyl (C=O) groups excluding carboxylic acids is 2. The minimum absolute atomic E-state index is 0.0118. The maximum Gasteiger partial charge on any atom is 0.308 e. The highest BCUT2D eigenvalue weighted by Gasteiger charge is 2.49. The molecule has 0 fully saturated rings. The van der Waals surface area contributed by atoms with Gasteiger partial charge in [0.1, 0.15) is 5.82 Å². The first-order valence-electron chi connectivity index (χ1n) is 5.63. The van der Waals surface area contributed by atoms with Crippen LogP contribution in [0.3, 0.4) is 0 Å². The second-order valence-electron chi connectivity index (χ2n) is 4.38. The fourth-order valence-electron chi connectivity index (χ4n) is 1.94. The van der Waals surface area contributed by atoms with Crippen LogP contribution in [0.1, 0.15) is 19.4 Å². The van der Waals surface area contributed by atoms with E-state index in [0.29, 0.717) is 0 Å². The van der Waals surface area contributed by atoms with E-state index in [0.717, 1.165) is 19.1 Å². The fourth-order valence-corrected chi connectivity index (χ4v) is 2.28. The van der Waals surface area contributed by atoms with Crippen LogP contribution in [0.4, 0.5) is 4.39 Å². The molecule has 1 aromatic carbocycles. The number of hydrogen-bond acceptors (Lipinski definition) is 5. The molecule has 0 aliphatic carbocycles. The molecule has 0 aromatic heterocycles. The van der Waals surface area contributed by atoms with Crippen molar-refractivity contribution in [3.8, 4) is 0 Å². The third-order valence-electron chi connectivity index (χ3n) is 2.87. The molecule has 1 aliphatic heterocycles. The molecule has 0 bridgehead atoms. The van der Waals surface area contributed by atoms with E-state index in [4.69, 9.17) is 26.8 Å². The SMILES string of the molecule is CC(=O)OC1=C(N)OC(C)(c2ccc(F)cc2Cl)C1=O. The molecule has 1 heterocycles. The Morgan fingerprint density at radius 3 is 2.70 bits per heavy atom. The Morgan fingerprint density at radius 1 is 1.50 bits per heavy atom. The summed E-state index contributed by atoms with van der Waals surface area (Å²) in [5, 5.41) is 0.0118. The van der Waals surface area contributed by atoms with Gasteiger partial charge in [-0.3, -0.25) is 9.59 Å². The van der Waals surface area contributed by atoms with E-state index in [2.05, 4.69) is 0 Å². The predicted molar refractivity (Wildman–Crippen MR) is 67.8 cm³/mol. The van der Waals surface area contributed by atoms with Crippen LogP contribution in [-0.2, 0) is 24.7 Å². The van der Waals surface area contributed by atoms with Gasteiger partial charge in [-0.1, -0.05) is 17.7 Å². The van der Waals surface area contributed by atoms with Crippen LogP contribution in [0.2, 0.25) is 5.02 Å². The van der Waals surface area contributed by atoms with E-state index in [9.17, 15) is 14.0 Å². The van der Waals surface area contributed by atoms with Crippen molar-refractivity contribution in [2.45, 2.75) is 19.4 Å². The second kappa shape index (κ2) is 4.79. The first-order valence-corrected chi connectivity index (χ1v) is 6.01. The van der Waals surface area contributed by atoms with Gasteiger partial charge in [0.2, 0.25) is 17.2 Å². The molecular weight excluding hydrogens is 289 g/mol. The van der Waals surface area contributed by atoms with E-state index in [-0.39, 0.29) is 22.2 Å². The number of rotatable bonds is 2. The molecule has 1 atom stereocenters. The molecule has 1 unspecified atom stereocenters. The highest BCUT2D eigenvalue weighted by Crippen LogP contribution is 2.40. The summed E-state index contributed by atoms with van der Waals surface area (Å²) in [6, 6.07) is 3.52. The number of Topliss-reactive ketones (excluding diaryl/α,β-unsaturated/α-hetero) is 1. The quantitative estimate of drug-likeness (QED) is 0.845. The standard InChI is InChI=1S/C13H11ClFNO4/c1-6(17)19-10-11(18)13(2,20-12(10)16)8-4-3-7(15)5-9(8)14/h3-5H,16H2,1-2H3. The zero-order valence-electron chi connectivity index (χ0n) is 10.7. The minimum atomic E-state index is -1.56. The lowest BCUT2D eigenvalue weighted by atomic mass is 9.91. The minimum Gasteiger partial charge on any atom is -0.457 e. The van der Waals surface area contributed by atoms with Crippen molar-refractivity contribution in [2.24, 2.45) is 5.73 Å². The molecule has 0 radical (unpaired) electrons. The Balaban J connectivity index is 2.44. The van der Waals surface area contributed by atoms with E-state index < -0.39 is 23.2 Å². The highest BCUT2D eigenvalue weighted by molar-refractivity contribution is 6.32. The van der Waals surface area contributed by atoms with Gasteiger partial charge in [0, 0.05) is 12.5 Å². The smallest absolute Gasteiger partial charge is 0.308 e. The van der Waals surface area contributed by atoms with Crippen LogP contribution in [0.25, 0.3) is 0 Å².